The van der Waals surface area contributed by atoms with Gasteiger partial charge in [-0.3, -0.25) is 0 Å². The molecule has 0 bridgehead atoms. The van der Waals surface area contributed by atoms with Crippen LogP contribution in [0.25, 0.3) is 0 Å². The van der Waals surface area contributed by atoms with Gasteiger partial charge in [-0.25, -0.2) is 4.79 Å². The van der Waals surface area contributed by atoms with Crippen LogP contribution in [-0.4, -0.2) is 17.3 Å². The van der Waals surface area contributed by atoms with E-state index in [1.807, 2.05) is 0 Å². The summed E-state index contributed by atoms with van der Waals surface area (Å²) in [6.45, 7) is 0. The third-order valence-electron chi connectivity index (χ3n) is 4.11. The van der Waals surface area contributed by atoms with E-state index in [4.69, 9.17) is 21.4 Å². The van der Waals surface area contributed by atoms with Crippen LogP contribution in [0.15, 0.2) is 42.5 Å². The highest BCUT2D eigenvalue weighted by Crippen LogP contribution is 2.59. The largest absolute Gasteiger partial charge is 0.478 e. The molecule has 7 heteroatoms. The fourth-order valence-electron chi connectivity index (χ4n) is 2.53. The molecule has 2 aromatic carbocycles. The second-order valence-corrected chi connectivity index (χ2v) is 6.06. The normalized spacial score (nSPS) is 15.8. The predicted octanol–water partition coefficient (Wildman–Crippen LogP) is 5.42. The molecule has 1 fully saturated rings. The van der Waals surface area contributed by atoms with Crippen molar-refractivity contribution in [3.8, 4) is 11.5 Å². The number of hydrogen-bond donors (Lipinski definition) is 1. The SMILES string of the molecule is O=C(O)c1ccc(Oc2ccc(C3(C(F)(F)F)CC3)cc2Cl)cc1. The number of rotatable bonds is 4. The summed E-state index contributed by atoms with van der Waals surface area (Å²) in [6.07, 6.45) is -4.18. The molecule has 0 spiro atoms. The van der Waals surface area contributed by atoms with Gasteiger partial charge in [0.1, 0.15) is 11.5 Å². The average Bonchev–Trinajstić information content (AvgIpc) is 3.31. The number of carboxylic acids is 1. The van der Waals surface area contributed by atoms with Crippen LogP contribution in [0.2, 0.25) is 5.02 Å². The molecule has 0 aromatic heterocycles. The minimum Gasteiger partial charge on any atom is -0.478 e. The van der Waals surface area contributed by atoms with Gasteiger partial charge in [-0.1, -0.05) is 17.7 Å². The summed E-state index contributed by atoms with van der Waals surface area (Å²) in [6, 6.07) is 9.67. The van der Waals surface area contributed by atoms with E-state index in [-0.39, 0.29) is 34.7 Å². The molecule has 0 radical (unpaired) electrons. The van der Waals surface area contributed by atoms with Gasteiger partial charge in [0.15, 0.2) is 0 Å². The van der Waals surface area contributed by atoms with Gasteiger partial charge >= 0.3 is 12.1 Å². The van der Waals surface area contributed by atoms with Gasteiger partial charge in [0, 0.05) is 0 Å². The van der Waals surface area contributed by atoms with Crippen LogP contribution < -0.4 is 4.74 Å². The summed E-state index contributed by atoms with van der Waals surface area (Å²) in [5, 5.41) is 8.91. The molecule has 0 saturated heterocycles. The van der Waals surface area contributed by atoms with E-state index in [1.54, 1.807) is 0 Å². The van der Waals surface area contributed by atoms with E-state index in [0.29, 0.717) is 5.75 Å². The van der Waals surface area contributed by atoms with Crippen LogP contribution in [0.1, 0.15) is 28.8 Å². The van der Waals surface area contributed by atoms with Crippen LogP contribution in [-0.2, 0) is 5.41 Å². The Kier molecular flexibility index (Phi) is 3.95. The van der Waals surface area contributed by atoms with Crippen LogP contribution >= 0.6 is 11.6 Å². The van der Waals surface area contributed by atoms with E-state index in [0.717, 1.165) is 0 Å². The first-order valence-electron chi connectivity index (χ1n) is 7.11. The zero-order valence-corrected chi connectivity index (χ0v) is 13.0. The molecule has 126 valence electrons. The first-order chi connectivity index (χ1) is 11.2. The lowest BCUT2D eigenvalue weighted by Crippen LogP contribution is -2.28. The van der Waals surface area contributed by atoms with Crippen molar-refractivity contribution in [3.63, 3.8) is 0 Å². The topological polar surface area (TPSA) is 46.5 Å². The number of hydrogen-bond acceptors (Lipinski definition) is 2. The third kappa shape index (κ3) is 2.94. The quantitative estimate of drug-likeness (QED) is 0.795. The lowest BCUT2D eigenvalue weighted by Gasteiger charge is -2.20. The molecule has 1 N–H and O–H groups in total. The van der Waals surface area contributed by atoms with Crippen LogP contribution in [0.3, 0.4) is 0 Å². The van der Waals surface area contributed by atoms with E-state index >= 15 is 0 Å². The zero-order valence-electron chi connectivity index (χ0n) is 12.2. The molecule has 3 nitrogen and oxygen atoms in total. The van der Waals surface area contributed by atoms with Crippen molar-refractivity contribution >= 4 is 17.6 Å². The van der Waals surface area contributed by atoms with Crippen LogP contribution in [0.5, 0.6) is 11.5 Å². The molecule has 0 heterocycles. The van der Waals surface area contributed by atoms with Crippen molar-refractivity contribution in [3.05, 3.63) is 58.6 Å². The molecule has 3 rings (SSSR count). The van der Waals surface area contributed by atoms with Crippen molar-refractivity contribution in [2.24, 2.45) is 0 Å². The summed E-state index contributed by atoms with van der Waals surface area (Å²) < 4.78 is 44.9. The zero-order chi connectivity index (χ0) is 17.5. The lowest BCUT2D eigenvalue weighted by molar-refractivity contribution is -0.160. The van der Waals surface area contributed by atoms with E-state index in [9.17, 15) is 18.0 Å². The summed E-state index contributed by atoms with van der Waals surface area (Å²) in [4.78, 5) is 10.8. The fourth-order valence-corrected chi connectivity index (χ4v) is 2.75. The van der Waals surface area contributed by atoms with Crippen molar-refractivity contribution in [1.29, 1.82) is 0 Å². The molecule has 1 aliphatic carbocycles. The van der Waals surface area contributed by atoms with Gasteiger partial charge in [0.05, 0.1) is 16.0 Å². The smallest absolute Gasteiger partial charge is 0.398 e. The highest BCUT2D eigenvalue weighted by atomic mass is 35.5. The average molecular weight is 357 g/mol. The Morgan fingerprint density at radius 1 is 1.12 bits per heavy atom. The third-order valence-corrected chi connectivity index (χ3v) is 4.40. The van der Waals surface area contributed by atoms with E-state index < -0.39 is 17.6 Å². The number of halogens is 4. The predicted molar refractivity (Wildman–Crippen MR) is 81.9 cm³/mol. The van der Waals surface area contributed by atoms with Crippen LogP contribution in [0.4, 0.5) is 13.2 Å². The van der Waals surface area contributed by atoms with Gasteiger partial charge in [-0.2, -0.15) is 13.2 Å². The summed E-state index contributed by atoms with van der Waals surface area (Å²) in [7, 11) is 0. The molecular formula is C17H12ClF3O3. The number of alkyl halides is 3. The minimum atomic E-state index is -4.30. The Bertz CT molecular complexity index is 781. The van der Waals surface area contributed by atoms with Crippen molar-refractivity contribution in [2.75, 3.05) is 0 Å². The monoisotopic (exact) mass is 356 g/mol. The van der Waals surface area contributed by atoms with Crippen molar-refractivity contribution in [2.45, 2.75) is 24.4 Å². The molecule has 24 heavy (non-hydrogen) atoms. The number of ether oxygens (including phenoxy) is 1. The maximum atomic E-state index is 13.1. The Morgan fingerprint density at radius 2 is 1.75 bits per heavy atom. The Morgan fingerprint density at radius 3 is 2.21 bits per heavy atom. The van der Waals surface area contributed by atoms with Gasteiger partial charge in [-0.15, -0.1) is 0 Å². The van der Waals surface area contributed by atoms with Gasteiger partial charge < -0.3 is 9.84 Å². The minimum absolute atomic E-state index is 0.0592. The number of aromatic carboxylic acids is 1. The van der Waals surface area contributed by atoms with Gasteiger partial charge in [-0.05, 0) is 54.8 Å². The number of carboxylic acid groups (broad SMARTS) is 1. The first-order valence-corrected chi connectivity index (χ1v) is 7.49. The van der Waals surface area contributed by atoms with E-state index in [2.05, 4.69) is 0 Å². The van der Waals surface area contributed by atoms with Gasteiger partial charge in [0.25, 0.3) is 0 Å². The number of benzene rings is 2. The molecule has 0 atom stereocenters. The highest BCUT2D eigenvalue weighted by molar-refractivity contribution is 6.32. The number of carbonyl (C=O) groups is 1. The van der Waals surface area contributed by atoms with Crippen molar-refractivity contribution in [1.82, 2.24) is 0 Å². The summed E-state index contributed by atoms with van der Waals surface area (Å²) >= 11 is 6.06. The molecule has 0 unspecified atom stereocenters. The highest BCUT2D eigenvalue weighted by Gasteiger charge is 2.64. The summed E-state index contributed by atoms with van der Waals surface area (Å²) in [5.41, 5.74) is -1.56. The molecule has 1 saturated carbocycles. The molecular weight excluding hydrogens is 345 g/mol. The molecule has 1 aliphatic rings. The van der Waals surface area contributed by atoms with E-state index in [1.165, 1.54) is 42.5 Å². The summed E-state index contributed by atoms with van der Waals surface area (Å²) in [5.74, 6) is -0.515. The van der Waals surface area contributed by atoms with Gasteiger partial charge in [0.2, 0.25) is 0 Å². The standard InChI is InChI=1S/C17H12ClF3O3/c18-13-9-11(16(7-8-16)17(19,20)21)3-6-14(13)24-12-4-1-10(2-5-12)15(22)23/h1-6,9H,7-8H2,(H,22,23). The Hall–Kier alpha value is -2.21. The van der Waals surface area contributed by atoms with Crippen LogP contribution in [0, 0.1) is 0 Å². The molecule has 0 amide bonds. The molecule has 2 aromatic rings. The second-order valence-electron chi connectivity index (χ2n) is 5.66. The fraction of sp³-hybridized carbons (Fsp3) is 0.235. The second kappa shape index (κ2) is 5.70. The Labute approximate surface area is 140 Å². The maximum Gasteiger partial charge on any atom is 0.398 e. The first kappa shape index (κ1) is 16.6. The van der Waals surface area contributed by atoms with Crippen molar-refractivity contribution < 1.29 is 27.8 Å². The molecule has 0 aliphatic heterocycles. The maximum absolute atomic E-state index is 13.1. The Balaban J connectivity index is 1.82. The lowest BCUT2D eigenvalue weighted by atomic mass is 9.95.